The molecule has 88 valence electrons. The average Bonchev–Trinajstić information content (AvgIpc) is 2.00. The fraction of sp³-hybridized carbons (Fsp3) is 0.429. The van der Waals surface area contributed by atoms with Gasteiger partial charge < -0.3 is 15.9 Å². The summed E-state index contributed by atoms with van der Waals surface area (Å²) in [7, 11) is 0. The van der Waals surface area contributed by atoms with Gasteiger partial charge in [0.1, 0.15) is 0 Å². The normalized spacial score (nSPS) is 12.9. The smallest absolute Gasteiger partial charge is 0.478 e. The van der Waals surface area contributed by atoms with Crippen molar-refractivity contribution < 1.29 is 33.0 Å². The first kappa shape index (κ1) is 15.9. The SMILES string of the molecule is CC(N)/C=C/C(=O)O.O=C(O)C(F)(F)F. The van der Waals surface area contributed by atoms with Gasteiger partial charge in [-0.3, -0.25) is 0 Å². The zero-order chi connectivity index (χ0) is 12.6. The van der Waals surface area contributed by atoms with Crippen LogP contribution in [0.1, 0.15) is 6.92 Å². The molecule has 0 aliphatic rings. The monoisotopic (exact) mass is 229 g/mol. The fourth-order valence-electron chi connectivity index (χ4n) is 0.234. The fourth-order valence-corrected chi connectivity index (χ4v) is 0.234. The van der Waals surface area contributed by atoms with Crippen molar-refractivity contribution in [1.82, 2.24) is 0 Å². The number of carboxylic acid groups (broad SMARTS) is 2. The maximum atomic E-state index is 10.6. The Hall–Kier alpha value is -1.57. The molecule has 0 aliphatic carbocycles. The molecule has 0 aliphatic heterocycles. The molecule has 0 bridgehead atoms. The Kier molecular flexibility index (Phi) is 7.22. The summed E-state index contributed by atoms with van der Waals surface area (Å²) in [4.78, 5) is 18.7. The summed E-state index contributed by atoms with van der Waals surface area (Å²) < 4.78 is 31.7. The quantitative estimate of drug-likeness (QED) is 0.602. The number of hydrogen-bond donors (Lipinski definition) is 3. The maximum absolute atomic E-state index is 10.6. The first-order chi connectivity index (χ1) is 6.57. The largest absolute Gasteiger partial charge is 0.490 e. The first-order valence-corrected chi connectivity index (χ1v) is 3.54. The molecule has 0 saturated carbocycles. The Labute approximate surface area is 83.0 Å². The molecule has 0 amide bonds. The van der Waals surface area contributed by atoms with Gasteiger partial charge in [0.15, 0.2) is 0 Å². The number of carboxylic acids is 2. The van der Waals surface area contributed by atoms with Gasteiger partial charge in [-0.25, -0.2) is 9.59 Å². The summed E-state index contributed by atoms with van der Waals surface area (Å²) >= 11 is 0. The highest BCUT2D eigenvalue weighted by atomic mass is 19.4. The number of halogens is 3. The van der Waals surface area contributed by atoms with E-state index in [-0.39, 0.29) is 6.04 Å². The lowest BCUT2D eigenvalue weighted by Crippen LogP contribution is -2.21. The zero-order valence-corrected chi connectivity index (χ0v) is 7.65. The topological polar surface area (TPSA) is 101 Å². The lowest BCUT2D eigenvalue weighted by molar-refractivity contribution is -0.192. The van der Waals surface area contributed by atoms with Crippen molar-refractivity contribution in [3.05, 3.63) is 12.2 Å². The average molecular weight is 229 g/mol. The van der Waals surface area contributed by atoms with Gasteiger partial charge in [0.2, 0.25) is 0 Å². The number of alkyl halides is 3. The van der Waals surface area contributed by atoms with Crippen LogP contribution < -0.4 is 5.73 Å². The van der Waals surface area contributed by atoms with Crippen LogP contribution in [0, 0.1) is 0 Å². The molecule has 0 aromatic rings. The number of aliphatic carboxylic acids is 2. The van der Waals surface area contributed by atoms with Gasteiger partial charge in [-0.05, 0) is 6.92 Å². The highest BCUT2D eigenvalue weighted by Crippen LogP contribution is 2.13. The maximum Gasteiger partial charge on any atom is 0.490 e. The van der Waals surface area contributed by atoms with Gasteiger partial charge in [-0.15, -0.1) is 0 Å². The van der Waals surface area contributed by atoms with Crippen LogP contribution in [-0.2, 0) is 9.59 Å². The summed E-state index contributed by atoms with van der Waals surface area (Å²) in [6.07, 6.45) is -2.63. The third-order valence-corrected chi connectivity index (χ3v) is 0.785. The lowest BCUT2D eigenvalue weighted by Gasteiger charge is -1.93. The van der Waals surface area contributed by atoms with Crippen molar-refractivity contribution in [2.24, 2.45) is 5.73 Å². The van der Waals surface area contributed by atoms with Gasteiger partial charge in [-0.1, -0.05) is 6.08 Å². The van der Waals surface area contributed by atoms with Crippen molar-refractivity contribution in [2.45, 2.75) is 19.1 Å². The second kappa shape index (κ2) is 6.82. The Morgan fingerprint density at radius 1 is 1.33 bits per heavy atom. The molecule has 15 heavy (non-hydrogen) atoms. The molecule has 1 atom stereocenters. The van der Waals surface area contributed by atoms with Crippen molar-refractivity contribution in [1.29, 1.82) is 0 Å². The molecule has 0 saturated heterocycles. The highest BCUT2D eigenvalue weighted by molar-refractivity contribution is 5.79. The molecule has 0 heterocycles. The minimum Gasteiger partial charge on any atom is -0.478 e. The lowest BCUT2D eigenvalue weighted by atomic mass is 10.3. The van der Waals surface area contributed by atoms with Crippen molar-refractivity contribution in [3.8, 4) is 0 Å². The van der Waals surface area contributed by atoms with Gasteiger partial charge in [0.05, 0.1) is 0 Å². The third kappa shape index (κ3) is 15.2. The van der Waals surface area contributed by atoms with Crippen molar-refractivity contribution in [2.75, 3.05) is 0 Å². The van der Waals surface area contributed by atoms with Crippen LogP contribution in [0.3, 0.4) is 0 Å². The minimum absolute atomic E-state index is 0.175. The summed E-state index contributed by atoms with van der Waals surface area (Å²) in [5, 5.41) is 15.1. The van der Waals surface area contributed by atoms with Crippen LogP contribution in [0.4, 0.5) is 13.2 Å². The molecule has 0 aromatic heterocycles. The number of nitrogens with two attached hydrogens (primary N) is 1. The van der Waals surface area contributed by atoms with E-state index in [1.165, 1.54) is 6.08 Å². The van der Waals surface area contributed by atoms with Gasteiger partial charge in [-0.2, -0.15) is 13.2 Å². The third-order valence-electron chi connectivity index (χ3n) is 0.785. The molecule has 5 nitrogen and oxygen atoms in total. The van der Waals surface area contributed by atoms with Crippen LogP contribution in [0.5, 0.6) is 0 Å². The van der Waals surface area contributed by atoms with Gasteiger partial charge >= 0.3 is 18.1 Å². The van der Waals surface area contributed by atoms with E-state index in [4.69, 9.17) is 20.7 Å². The summed E-state index contributed by atoms with van der Waals surface area (Å²) in [6.45, 7) is 1.71. The minimum atomic E-state index is -5.08. The molecule has 0 aromatic carbocycles. The molecule has 0 fully saturated rings. The summed E-state index contributed by atoms with van der Waals surface area (Å²) in [6, 6.07) is -0.175. The van der Waals surface area contributed by atoms with Crippen molar-refractivity contribution in [3.63, 3.8) is 0 Å². The van der Waals surface area contributed by atoms with E-state index in [1.807, 2.05) is 0 Å². The Morgan fingerprint density at radius 2 is 1.67 bits per heavy atom. The van der Waals surface area contributed by atoms with Crippen LogP contribution in [0.2, 0.25) is 0 Å². The molecular formula is C7H10F3NO4. The Morgan fingerprint density at radius 3 is 1.73 bits per heavy atom. The second-order valence-electron chi connectivity index (χ2n) is 2.36. The molecule has 4 N–H and O–H groups in total. The molecule has 0 rings (SSSR count). The van der Waals surface area contributed by atoms with E-state index in [1.54, 1.807) is 6.92 Å². The zero-order valence-electron chi connectivity index (χ0n) is 7.65. The van der Waals surface area contributed by atoms with E-state index >= 15 is 0 Å². The van der Waals surface area contributed by atoms with Gasteiger partial charge in [0.25, 0.3) is 0 Å². The number of carbonyl (C=O) groups is 2. The molecule has 0 spiro atoms. The number of hydrogen-bond acceptors (Lipinski definition) is 3. The summed E-state index contributed by atoms with van der Waals surface area (Å²) in [5.41, 5.74) is 5.19. The summed E-state index contributed by atoms with van der Waals surface area (Å²) in [5.74, 6) is -3.71. The van der Waals surface area contributed by atoms with E-state index in [2.05, 4.69) is 0 Å². The van der Waals surface area contributed by atoms with Crippen LogP contribution in [0.25, 0.3) is 0 Å². The molecular weight excluding hydrogens is 219 g/mol. The predicted molar refractivity (Wildman–Crippen MR) is 44.1 cm³/mol. The van der Waals surface area contributed by atoms with Crippen LogP contribution in [-0.4, -0.2) is 34.4 Å². The van der Waals surface area contributed by atoms with Gasteiger partial charge in [0, 0.05) is 12.1 Å². The van der Waals surface area contributed by atoms with E-state index in [0.717, 1.165) is 6.08 Å². The van der Waals surface area contributed by atoms with E-state index in [0.29, 0.717) is 0 Å². The van der Waals surface area contributed by atoms with Crippen LogP contribution in [0.15, 0.2) is 12.2 Å². The second-order valence-corrected chi connectivity index (χ2v) is 2.36. The standard InChI is InChI=1S/C5H9NO2.C2HF3O2/c1-4(6)2-3-5(7)8;3-2(4,5)1(6)7/h2-4H,6H2,1H3,(H,7,8);(H,6,7)/b3-2+;. The molecule has 0 radical (unpaired) electrons. The van der Waals surface area contributed by atoms with E-state index < -0.39 is 18.1 Å². The number of rotatable bonds is 2. The Bertz CT molecular complexity index is 247. The van der Waals surface area contributed by atoms with Crippen LogP contribution >= 0.6 is 0 Å². The predicted octanol–water partition coefficient (Wildman–Crippen LogP) is 0.608. The molecule has 8 heteroatoms. The molecule has 1 unspecified atom stereocenters. The first-order valence-electron chi connectivity index (χ1n) is 3.54. The highest BCUT2D eigenvalue weighted by Gasteiger charge is 2.38. The Balaban J connectivity index is 0. The van der Waals surface area contributed by atoms with E-state index in [9.17, 15) is 18.0 Å². The van der Waals surface area contributed by atoms with Crippen molar-refractivity contribution >= 4 is 11.9 Å².